The highest BCUT2D eigenvalue weighted by molar-refractivity contribution is 5.98. The maximum absolute atomic E-state index is 14.5. The van der Waals surface area contributed by atoms with Crippen LogP contribution in [-0.2, 0) is 46.4 Å². The van der Waals surface area contributed by atoms with Crippen LogP contribution in [0.1, 0.15) is 58.6 Å². The first-order valence-corrected chi connectivity index (χ1v) is 20.4. The van der Waals surface area contributed by atoms with Gasteiger partial charge in [-0.25, -0.2) is 0 Å². The molecule has 1 fully saturated rings. The Labute approximate surface area is 354 Å². The number of phenols is 1. The lowest BCUT2D eigenvalue weighted by molar-refractivity contribution is -0.142. The number of para-hydroxylation sites is 1. The van der Waals surface area contributed by atoms with Gasteiger partial charge in [-0.2, -0.15) is 0 Å². The molecule has 1 aliphatic rings. The number of likely N-dealkylation sites (tertiary alicyclic amines) is 1. The van der Waals surface area contributed by atoms with Crippen LogP contribution in [0.3, 0.4) is 0 Å². The number of H-pyrrole nitrogens is 1. The highest BCUT2D eigenvalue weighted by Gasteiger charge is 2.41. The zero-order chi connectivity index (χ0) is 45.1. The number of aromatic nitrogens is 1. The summed E-state index contributed by atoms with van der Waals surface area (Å²) in [5, 5.41) is 34.3. The van der Waals surface area contributed by atoms with E-state index in [4.69, 9.17) is 17.2 Å². The Hall–Kier alpha value is -6.05. The standard InChI is InChI=1S/C42H60N10O9/c1-21(2)33(44)39(58)50-34(22(3)4)40(59)48-30(17-24-12-14-26(54)15-13-24)42(61)52-16-8-11-32(52)38(57)47-29(18-25-20-46-28-10-7-6-9-27(25)28)37(56)51-35(23(5)53)41(60)49-31(19-43)36(45)55/h6-7,9-10,12-15,20-23,29-35,46,53-54H,8,11,16-19,43-44H2,1-5H3,(H2,45,55)(H,47,57)(H,48,59)(H,49,60)(H,50,58)(H,51,56)/t23-,29+,30+,31-,32+,33+,34+,35+/m1/s1. The summed E-state index contributed by atoms with van der Waals surface area (Å²) in [5.74, 6) is -5.78. The summed E-state index contributed by atoms with van der Waals surface area (Å²) in [6.45, 7) is 8.08. The van der Waals surface area contributed by atoms with Gasteiger partial charge in [-0.15, -0.1) is 0 Å². The van der Waals surface area contributed by atoms with Crippen LogP contribution in [0.2, 0.25) is 0 Å². The number of hydrogen-bond acceptors (Lipinski definition) is 11. The van der Waals surface area contributed by atoms with Crippen molar-refractivity contribution in [2.24, 2.45) is 29.0 Å². The second-order valence-electron chi connectivity index (χ2n) is 16.2. The van der Waals surface area contributed by atoms with Crippen molar-refractivity contribution in [1.82, 2.24) is 36.5 Å². The number of benzene rings is 2. The average molecular weight is 849 g/mol. The first-order valence-electron chi connectivity index (χ1n) is 20.4. The molecule has 3 aromatic rings. The van der Waals surface area contributed by atoms with Gasteiger partial charge < -0.3 is 63.9 Å². The molecule has 0 bridgehead atoms. The summed E-state index contributed by atoms with van der Waals surface area (Å²) in [7, 11) is 0. The highest BCUT2D eigenvalue weighted by Crippen LogP contribution is 2.23. The molecule has 8 atom stereocenters. The fraction of sp³-hybridized carbons (Fsp3) is 0.500. The molecule has 14 N–H and O–H groups in total. The van der Waals surface area contributed by atoms with Crippen molar-refractivity contribution >= 4 is 52.3 Å². The van der Waals surface area contributed by atoms with E-state index < -0.39 is 95.7 Å². The minimum Gasteiger partial charge on any atom is -0.508 e. The third-order valence-corrected chi connectivity index (χ3v) is 10.8. The van der Waals surface area contributed by atoms with E-state index in [-0.39, 0.29) is 44.0 Å². The van der Waals surface area contributed by atoms with E-state index in [2.05, 4.69) is 31.6 Å². The first-order chi connectivity index (χ1) is 28.8. The molecule has 1 saturated heterocycles. The van der Waals surface area contributed by atoms with E-state index in [0.717, 1.165) is 10.9 Å². The Kier molecular flexibility index (Phi) is 16.8. The van der Waals surface area contributed by atoms with Gasteiger partial charge in [0.15, 0.2) is 0 Å². The van der Waals surface area contributed by atoms with E-state index in [1.54, 1.807) is 52.1 Å². The molecule has 0 saturated carbocycles. The fourth-order valence-corrected chi connectivity index (χ4v) is 7.08. The molecule has 0 spiro atoms. The largest absolute Gasteiger partial charge is 0.508 e. The van der Waals surface area contributed by atoms with Gasteiger partial charge in [0, 0.05) is 43.0 Å². The minimum absolute atomic E-state index is 0.00643. The number of hydrogen-bond donors (Lipinski definition) is 11. The molecule has 0 radical (unpaired) electrons. The highest BCUT2D eigenvalue weighted by atomic mass is 16.3. The number of rotatable bonds is 20. The SMILES string of the molecule is CC(C)[C@H](N)C(=O)N[C@H](C(=O)N[C@@H](Cc1ccc(O)cc1)C(=O)N1CCC[C@H]1C(=O)N[C@@H](Cc1c[nH]c2ccccc12)C(=O)N[C@H](C(=O)N[C@H](CN)C(N)=O)[C@@H](C)O)C(C)C. The second-order valence-corrected chi connectivity index (χ2v) is 16.2. The number of aromatic amines is 1. The number of primary amides is 1. The molecule has 19 nitrogen and oxygen atoms in total. The molecule has 332 valence electrons. The summed E-state index contributed by atoms with van der Waals surface area (Å²) >= 11 is 0. The van der Waals surface area contributed by atoms with Crippen molar-refractivity contribution in [3.05, 3.63) is 65.9 Å². The van der Waals surface area contributed by atoms with Crippen LogP contribution < -0.4 is 43.8 Å². The number of aliphatic hydroxyl groups excluding tert-OH is 1. The second kappa shape index (κ2) is 21.5. The number of nitrogens with two attached hydrogens (primary N) is 3. The quantitative estimate of drug-likeness (QED) is 0.0624. The summed E-state index contributed by atoms with van der Waals surface area (Å²) in [5.41, 5.74) is 18.9. The zero-order valence-electron chi connectivity index (χ0n) is 35.1. The lowest BCUT2D eigenvalue weighted by Crippen LogP contribution is -2.62. The number of nitrogens with zero attached hydrogens (tertiary/aromatic N) is 1. The third-order valence-electron chi connectivity index (χ3n) is 10.8. The zero-order valence-corrected chi connectivity index (χ0v) is 35.1. The molecular weight excluding hydrogens is 789 g/mol. The lowest BCUT2D eigenvalue weighted by Gasteiger charge is -2.32. The van der Waals surface area contributed by atoms with E-state index in [1.807, 2.05) is 18.2 Å². The van der Waals surface area contributed by atoms with Crippen molar-refractivity contribution in [3.63, 3.8) is 0 Å². The molecule has 2 aromatic carbocycles. The monoisotopic (exact) mass is 848 g/mol. The number of amides is 7. The Morgan fingerprint density at radius 3 is 2.00 bits per heavy atom. The lowest BCUT2D eigenvalue weighted by atomic mass is 9.98. The molecule has 61 heavy (non-hydrogen) atoms. The molecular formula is C42H60N10O9. The maximum atomic E-state index is 14.5. The summed E-state index contributed by atoms with van der Waals surface area (Å²) < 4.78 is 0. The number of phenolic OH excluding ortho intramolecular Hbond substituents is 1. The number of nitrogens with one attached hydrogen (secondary N) is 6. The molecule has 1 aliphatic heterocycles. The van der Waals surface area contributed by atoms with Gasteiger partial charge in [0.1, 0.15) is 42.0 Å². The summed E-state index contributed by atoms with van der Waals surface area (Å²) in [6, 6.07) is 4.89. The van der Waals surface area contributed by atoms with Gasteiger partial charge in [-0.3, -0.25) is 33.6 Å². The molecule has 0 aliphatic carbocycles. The Bertz CT molecular complexity index is 2040. The van der Waals surface area contributed by atoms with Crippen LogP contribution in [-0.4, -0.2) is 123 Å². The van der Waals surface area contributed by atoms with Crippen LogP contribution in [0.5, 0.6) is 5.75 Å². The number of fused-ring (bicyclic) bond motifs is 1. The van der Waals surface area contributed by atoms with E-state index in [0.29, 0.717) is 17.5 Å². The van der Waals surface area contributed by atoms with Gasteiger partial charge in [0.2, 0.25) is 41.4 Å². The van der Waals surface area contributed by atoms with Crippen molar-refractivity contribution in [2.75, 3.05) is 13.1 Å². The summed E-state index contributed by atoms with van der Waals surface area (Å²) in [4.78, 5) is 99.2. The Morgan fingerprint density at radius 1 is 0.770 bits per heavy atom. The molecule has 1 aromatic heterocycles. The van der Waals surface area contributed by atoms with Gasteiger partial charge in [-0.05, 0) is 60.9 Å². The van der Waals surface area contributed by atoms with Crippen molar-refractivity contribution in [3.8, 4) is 5.75 Å². The minimum atomic E-state index is -1.59. The van der Waals surface area contributed by atoms with Gasteiger partial charge >= 0.3 is 0 Å². The normalized spacial score (nSPS) is 17.4. The predicted octanol–water partition coefficient (Wildman–Crippen LogP) is -1.46. The molecule has 2 heterocycles. The third kappa shape index (κ3) is 12.5. The smallest absolute Gasteiger partial charge is 0.246 e. The number of aliphatic hydroxyl groups is 1. The van der Waals surface area contributed by atoms with Crippen molar-refractivity contribution in [1.29, 1.82) is 0 Å². The van der Waals surface area contributed by atoms with E-state index in [9.17, 15) is 43.8 Å². The Morgan fingerprint density at radius 2 is 1.39 bits per heavy atom. The van der Waals surface area contributed by atoms with E-state index in [1.165, 1.54) is 24.0 Å². The van der Waals surface area contributed by atoms with Crippen LogP contribution in [0.15, 0.2) is 54.7 Å². The van der Waals surface area contributed by atoms with Gasteiger partial charge in [-0.1, -0.05) is 58.0 Å². The van der Waals surface area contributed by atoms with Crippen LogP contribution >= 0.6 is 0 Å². The first kappa shape index (κ1) is 47.6. The molecule has 4 rings (SSSR count). The van der Waals surface area contributed by atoms with Crippen molar-refractivity contribution < 1.29 is 43.8 Å². The van der Waals surface area contributed by atoms with Crippen LogP contribution in [0, 0.1) is 11.8 Å². The average Bonchev–Trinajstić information content (AvgIpc) is 3.88. The predicted molar refractivity (Wildman–Crippen MR) is 226 cm³/mol. The number of carbonyl (C=O) groups is 7. The van der Waals surface area contributed by atoms with Crippen LogP contribution in [0.25, 0.3) is 10.9 Å². The number of aromatic hydroxyl groups is 1. The fourth-order valence-electron chi connectivity index (χ4n) is 7.08. The molecule has 19 heteroatoms. The Balaban J connectivity index is 1.62. The van der Waals surface area contributed by atoms with Crippen molar-refractivity contribution in [2.45, 2.75) is 109 Å². The molecule has 0 unspecified atom stereocenters. The number of carbonyl (C=O) groups excluding carboxylic acids is 7. The van der Waals surface area contributed by atoms with Gasteiger partial charge in [0.05, 0.1) is 12.1 Å². The van der Waals surface area contributed by atoms with E-state index >= 15 is 0 Å². The van der Waals surface area contributed by atoms with Gasteiger partial charge in [0.25, 0.3) is 0 Å². The molecule has 7 amide bonds. The maximum Gasteiger partial charge on any atom is 0.246 e. The summed E-state index contributed by atoms with van der Waals surface area (Å²) in [6.07, 6.45) is 0.732. The van der Waals surface area contributed by atoms with Crippen LogP contribution in [0.4, 0.5) is 0 Å². The topological polar surface area (TPSA) is 317 Å².